The highest BCUT2D eigenvalue weighted by Gasteiger charge is 2.27. The highest BCUT2D eigenvalue weighted by molar-refractivity contribution is 6.30. The minimum atomic E-state index is -0.488. The maximum Gasteiger partial charge on any atom is 0.410 e. The largest absolute Gasteiger partial charge is 0.474 e. The van der Waals surface area contributed by atoms with Crippen molar-refractivity contribution in [2.45, 2.75) is 45.3 Å². The van der Waals surface area contributed by atoms with E-state index in [4.69, 9.17) is 21.1 Å². The highest BCUT2D eigenvalue weighted by Crippen LogP contribution is 2.22. The van der Waals surface area contributed by atoms with Crippen LogP contribution in [0.25, 0.3) is 0 Å². The van der Waals surface area contributed by atoms with Crippen molar-refractivity contribution in [3.05, 3.63) is 35.4 Å². The zero-order valence-electron chi connectivity index (χ0n) is 17.3. The molecular weight excluding hydrogens is 394 g/mol. The Labute approximate surface area is 176 Å². The number of ether oxygens (including phenoxy) is 2. The molecule has 1 saturated heterocycles. The third kappa shape index (κ3) is 6.25. The minimum Gasteiger partial charge on any atom is -0.474 e. The number of likely N-dealkylation sites (N-methyl/N-ethyl adjacent to an activating group) is 1. The van der Waals surface area contributed by atoms with Crippen molar-refractivity contribution in [3.8, 4) is 5.88 Å². The summed E-state index contributed by atoms with van der Waals surface area (Å²) in [4.78, 5) is 24.4. The molecule has 1 aromatic heterocycles. The van der Waals surface area contributed by atoms with Crippen molar-refractivity contribution in [3.63, 3.8) is 0 Å². The lowest BCUT2D eigenvalue weighted by atomic mass is 10.1. The zero-order chi connectivity index (χ0) is 21.0. The van der Waals surface area contributed by atoms with E-state index >= 15 is 0 Å². The topological polar surface area (TPSA) is 79.8 Å². The predicted octanol–water partition coefficient (Wildman–Crippen LogP) is 3.58. The minimum absolute atomic E-state index is 0.00486. The SMILES string of the molecule is CN1CC(Cl)=CC=C1Nc1cc(OC2CCN(C(=O)OC(C)(C)C)CC2)ncn1. The summed E-state index contributed by atoms with van der Waals surface area (Å²) in [5.74, 6) is 2.04. The molecule has 0 atom stereocenters. The molecule has 8 nitrogen and oxygen atoms in total. The molecule has 1 N–H and O–H groups in total. The number of amides is 1. The van der Waals surface area contributed by atoms with Gasteiger partial charge in [0.2, 0.25) is 5.88 Å². The average molecular weight is 422 g/mol. The standard InChI is InChI=1S/C20H28ClN5O3/c1-20(2,3)29-19(27)26-9-7-15(8-10-26)28-18-11-16(22-13-23-18)24-17-6-5-14(21)12-25(17)4/h5-6,11,13,15H,7-10,12H2,1-4H3,(H,22,23,24). The second-order valence-electron chi connectivity index (χ2n) is 8.17. The van der Waals surface area contributed by atoms with Crippen LogP contribution in [0.5, 0.6) is 5.88 Å². The molecule has 0 aliphatic carbocycles. The summed E-state index contributed by atoms with van der Waals surface area (Å²) >= 11 is 6.04. The molecule has 0 radical (unpaired) electrons. The van der Waals surface area contributed by atoms with Crippen LogP contribution in [0.1, 0.15) is 33.6 Å². The molecule has 1 amide bonds. The van der Waals surface area contributed by atoms with Crippen LogP contribution in [0.3, 0.4) is 0 Å². The molecule has 0 spiro atoms. The lowest BCUT2D eigenvalue weighted by molar-refractivity contribution is 0.0123. The van der Waals surface area contributed by atoms with E-state index in [0.717, 1.165) is 23.7 Å². The number of rotatable bonds is 4. The third-order valence-electron chi connectivity index (χ3n) is 4.50. The summed E-state index contributed by atoms with van der Waals surface area (Å²) in [6, 6.07) is 1.77. The number of carbonyl (C=O) groups excluding carboxylic acids is 1. The molecule has 0 bridgehead atoms. The summed E-state index contributed by atoms with van der Waals surface area (Å²) in [6.45, 7) is 7.45. The van der Waals surface area contributed by atoms with Gasteiger partial charge in [-0.3, -0.25) is 0 Å². The molecule has 1 aromatic rings. The first-order valence-electron chi connectivity index (χ1n) is 9.71. The Hall–Kier alpha value is -2.48. The van der Waals surface area contributed by atoms with Crippen LogP contribution < -0.4 is 10.1 Å². The first-order valence-corrected chi connectivity index (χ1v) is 10.1. The number of allylic oxidation sites excluding steroid dienone is 2. The number of nitrogens with one attached hydrogen (secondary N) is 1. The Morgan fingerprint density at radius 3 is 2.62 bits per heavy atom. The molecule has 0 saturated carbocycles. The number of aromatic nitrogens is 2. The van der Waals surface area contributed by atoms with Crippen LogP contribution in [0.2, 0.25) is 0 Å². The molecule has 1 fully saturated rings. The van der Waals surface area contributed by atoms with Crippen molar-refractivity contribution in [2.75, 3.05) is 32.0 Å². The monoisotopic (exact) mass is 421 g/mol. The summed E-state index contributed by atoms with van der Waals surface area (Å²) in [5, 5.41) is 4.04. The van der Waals surface area contributed by atoms with E-state index in [0.29, 0.717) is 31.3 Å². The van der Waals surface area contributed by atoms with Gasteiger partial charge < -0.3 is 24.6 Å². The van der Waals surface area contributed by atoms with E-state index in [-0.39, 0.29) is 12.2 Å². The van der Waals surface area contributed by atoms with E-state index in [1.807, 2.05) is 44.9 Å². The first kappa shape index (κ1) is 21.2. The quantitative estimate of drug-likeness (QED) is 0.795. The van der Waals surface area contributed by atoms with Gasteiger partial charge in [0.25, 0.3) is 0 Å². The summed E-state index contributed by atoms with van der Waals surface area (Å²) in [5.41, 5.74) is -0.488. The van der Waals surface area contributed by atoms with Gasteiger partial charge in [0.15, 0.2) is 0 Å². The lowest BCUT2D eigenvalue weighted by Crippen LogP contribution is -2.44. The number of carbonyl (C=O) groups is 1. The van der Waals surface area contributed by atoms with E-state index in [1.54, 1.807) is 11.0 Å². The molecular formula is C20H28ClN5O3. The van der Waals surface area contributed by atoms with Gasteiger partial charge in [0.05, 0.1) is 6.54 Å². The van der Waals surface area contributed by atoms with Gasteiger partial charge in [0, 0.05) is 44.1 Å². The second-order valence-corrected chi connectivity index (χ2v) is 8.66. The summed E-state index contributed by atoms with van der Waals surface area (Å²) in [7, 11) is 1.95. The van der Waals surface area contributed by atoms with Crippen molar-refractivity contribution in [2.24, 2.45) is 0 Å². The molecule has 3 rings (SSSR count). The van der Waals surface area contributed by atoms with Gasteiger partial charge in [0.1, 0.15) is 29.7 Å². The summed E-state index contributed by atoms with van der Waals surface area (Å²) < 4.78 is 11.5. The molecule has 9 heteroatoms. The Morgan fingerprint density at radius 1 is 1.24 bits per heavy atom. The molecule has 3 heterocycles. The van der Waals surface area contributed by atoms with Gasteiger partial charge in [-0.2, -0.15) is 0 Å². The highest BCUT2D eigenvalue weighted by atomic mass is 35.5. The Balaban J connectivity index is 1.53. The zero-order valence-corrected chi connectivity index (χ0v) is 18.1. The molecule has 0 aromatic carbocycles. The normalized spacial score (nSPS) is 18.1. The van der Waals surface area contributed by atoms with Gasteiger partial charge in [-0.05, 0) is 32.9 Å². The van der Waals surface area contributed by atoms with Crippen LogP contribution in [-0.2, 0) is 4.74 Å². The number of nitrogens with zero attached hydrogens (tertiary/aromatic N) is 4. The van der Waals surface area contributed by atoms with Crippen LogP contribution in [0, 0.1) is 0 Å². The van der Waals surface area contributed by atoms with E-state index < -0.39 is 5.60 Å². The maximum atomic E-state index is 12.2. The van der Waals surface area contributed by atoms with E-state index in [9.17, 15) is 4.79 Å². The number of hydrogen-bond acceptors (Lipinski definition) is 7. The fourth-order valence-corrected chi connectivity index (χ4v) is 3.30. The van der Waals surface area contributed by atoms with Gasteiger partial charge in [-0.15, -0.1) is 0 Å². The Morgan fingerprint density at radius 2 is 1.97 bits per heavy atom. The number of piperidine rings is 1. The van der Waals surface area contributed by atoms with Crippen molar-refractivity contribution >= 4 is 23.5 Å². The van der Waals surface area contributed by atoms with Crippen molar-refractivity contribution in [1.29, 1.82) is 0 Å². The molecule has 2 aliphatic rings. The fraction of sp³-hybridized carbons (Fsp3) is 0.550. The van der Waals surface area contributed by atoms with Gasteiger partial charge in [-0.1, -0.05) is 11.6 Å². The molecule has 0 unspecified atom stereocenters. The van der Waals surface area contributed by atoms with Gasteiger partial charge in [-0.25, -0.2) is 14.8 Å². The molecule has 158 valence electrons. The lowest BCUT2D eigenvalue weighted by Gasteiger charge is -2.33. The Kier molecular flexibility index (Phi) is 6.52. The van der Waals surface area contributed by atoms with Crippen LogP contribution in [-0.4, -0.2) is 64.2 Å². The molecule has 29 heavy (non-hydrogen) atoms. The Bertz CT molecular complexity index is 798. The average Bonchev–Trinajstić information content (AvgIpc) is 2.64. The van der Waals surface area contributed by atoms with Crippen LogP contribution >= 0.6 is 11.6 Å². The van der Waals surface area contributed by atoms with Crippen LogP contribution in [0.15, 0.2) is 35.4 Å². The third-order valence-corrected chi connectivity index (χ3v) is 4.75. The number of anilines is 1. The van der Waals surface area contributed by atoms with Crippen LogP contribution in [0.4, 0.5) is 10.6 Å². The second kappa shape index (κ2) is 8.90. The smallest absolute Gasteiger partial charge is 0.410 e. The predicted molar refractivity (Wildman–Crippen MR) is 112 cm³/mol. The number of halogens is 1. The number of hydrogen-bond donors (Lipinski definition) is 1. The first-order chi connectivity index (χ1) is 13.7. The van der Waals surface area contributed by atoms with Crippen molar-refractivity contribution in [1.82, 2.24) is 19.8 Å². The summed E-state index contributed by atoms with van der Waals surface area (Å²) in [6.07, 6.45) is 6.41. The molecule has 2 aliphatic heterocycles. The van der Waals surface area contributed by atoms with Gasteiger partial charge >= 0.3 is 6.09 Å². The van der Waals surface area contributed by atoms with E-state index in [2.05, 4.69) is 15.3 Å². The fourth-order valence-electron chi connectivity index (χ4n) is 3.06. The van der Waals surface area contributed by atoms with Crippen molar-refractivity contribution < 1.29 is 14.3 Å². The maximum absolute atomic E-state index is 12.2. The number of likely N-dealkylation sites (tertiary alicyclic amines) is 1. The van der Waals surface area contributed by atoms with E-state index in [1.165, 1.54) is 6.33 Å².